The number of rotatable bonds is 18. The molecular weight excluding hydrogens is 1850 g/mol. The lowest BCUT2D eigenvalue weighted by Gasteiger charge is -2.32. The quantitative estimate of drug-likeness (QED) is 0.0677. The van der Waals surface area contributed by atoms with Crippen molar-refractivity contribution in [2.45, 2.75) is 104 Å². The number of amides is 2. The summed E-state index contributed by atoms with van der Waals surface area (Å²) in [5, 5.41) is 46.2. The largest absolute Gasteiger partial charge is 0.427 e. The van der Waals surface area contributed by atoms with Crippen molar-refractivity contribution >= 4 is 209 Å². The second-order valence-electron chi connectivity index (χ2n) is 32.8. The number of fused-ring (bicyclic) bond motifs is 16. The Morgan fingerprint density at radius 2 is 0.932 bits per heavy atom. The van der Waals surface area contributed by atoms with Gasteiger partial charge in [-0.05, 0) is 181 Å². The van der Waals surface area contributed by atoms with Crippen LogP contribution in [0.3, 0.4) is 0 Å². The molecule has 2 amide bonds. The van der Waals surface area contributed by atoms with E-state index < -0.39 is 35.5 Å². The highest BCUT2D eigenvalue weighted by atomic mass is 35.5. The van der Waals surface area contributed by atoms with E-state index in [9.17, 15) is 42.6 Å². The molecule has 1 aliphatic heterocycles. The SMILES string of the molecule is C#N.CC1CCC(CN(Cc2cc3c4ccccc4n(Cc4cc(Cl)ccc4Cl)c3cn2)C(=O)C2CC2)CC1.O=C(NCc1cc2c3ccccc3n(Cc3cc(Cl)ccc3Cl)c2cn1)c1ccccc1C(F)(F)F.O=C1OC(O)c2c1ncc1c2c2ccccc2n1Cc1cc(Cl)ccc1Cl.O=c1c2ncc3c(c2cnn1CCO)c1ccccc1n3Cc1cc(Cl)ccc1Cl. The summed E-state index contributed by atoms with van der Waals surface area (Å²) in [4.78, 5) is 70.7. The summed E-state index contributed by atoms with van der Waals surface area (Å²) >= 11 is 50.5. The van der Waals surface area contributed by atoms with Crippen molar-refractivity contribution in [3.8, 4) is 6.57 Å². The predicted octanol–water partition coefficient (Wildman–Crippen LogP) is 24.7. The number of benzene rings is 9. The van der Waals surface area contributed by atoms with Crippen LogP contribution in [0, 0.1) is 29.6 Å². The number of aromatic nitrogens is 10. The number of cyclic esters (lactones) is 1. The minimum atomic E-state index is -4.63. The van der Waals surface area contributed by atoms with E-state index in [-0.39, 0.29) is 36.9 Å². The highest BCUT2D eigenvalue weighted by molar-refractivity contribution is 6.36. The Morgan fingerprint density at radius 3 is 1.43 bits per heavy atom. The van der Waals surface area contributed by atoms with Crippen molar-refractivity contribution in [2.75, 3.05) is 13.2 Å². The predicted molar refractivity (Wildman–Crippen MR) is 517 cm³/mol. The summed E-state index contributed by atoms with van der Waals surface area (Å²) in [5.74, 6) is 0.519. The Bertz CT molecular complexity index is 7630. The monoisotopic (exact) mass is 1920 g/mol. The molecule has 132 heavy (non-hydrogen) atoms. The molecule has 3 N–H and O–H groups in total. The first kappa shape index (κ1) is 91.7. The average Bonchev–Trinajstić information content (AvgIpc) is 1.57. The fraction of sp³-hybridized carbons (Fsp3) is 0.208. The molecule has 1 atom stereocenters. The van der Waals surface area contributed by atoms with E-state index in [1.165, 1.54) is 47.9 Å². The molecule has 9 aromatic carbocycles. The van der Waals surface area contributed by atoms with Gasteiger partial charge in [0.25, 0.3) is 11.5 Å². The molecule has 2 aliphatic carbocycles. The lowest BCUT2D eigenvalue weighted by Crippen LogP contribution is -2.37. The van der Waals surface area contributed by atoms with E-state index in [2.05, 4.69) is 87.8 Å². The minimum absolute atomic E-state index is 0.0272. The normalized spacial score (nSPS) is 14.8. The van der Waals surface area contributed by atoms with Gasteiger partial charge in [-0.3, -0.25) is 24.4 Å². The third-order valence-electron chi connectivity index (χ3n) is 24.3. The first-order valence-corrected chi connectivity index (χ1v) is 45.5. The van der Waals surface area contributed by atoms with Crippen molar-refractivity contribution in [3.63, 3.8) is 0 Å². The van der Waals surface area contributed by atoms with E-state index in [1.807, 2.05) is 126 Å². The lowest BCUT2D eigenvalue weighted by molar-refractivity contribution is -0.138. The van der Waals surface area contributed by atoms with Crippen LogP contribution in [0.15, 0.2) is 242 Å². The molecule has 18 aromatic rings. The third kappa shape index (κ3) is 19.0. The van der Waals surface area contributed by atoms with Gasteiger partial charge in [0.2, 0.25) is 12.2 Å². The topological polar surface area (TPSA) is 246 Å². The second-order valence-corrected chi connectivity index (χ2v) is 36.2. The number of ether oxygens (including phenoxy) is 1. The Balaban J connectivity index is 0.000000123. The minimum Gasteiger partial charge on any atom is -0.427 e. The zero-order chi connectivity index (χ0) is 92.5. The van der Waals surface area contributed by atoms with Crippen LogP contribution in [0.4, 0.5) is 13.2 Å². The molecule has 20 nitrogen and oxygen atoms in total. The number of pyridine rings is 4. The number of para-hydroxylation sites is 4. The molecule has 668 valence electrons. The molecule has 0 radical (unpaired) electrons. The van der Waals surface area contributed by atoms with E-state index in [1.54, 1.807) is 61.2 Å². The van der Waals surface area contributed by atoms with Gasteiger partial charge in [-0.2, -0.15) is 18.3 Å². The van der Waals surface area contributed by atoms with Crippen molar-refractivity contribution < 1.29 is 42.5 Å². The molecule has 2 fully saturated rings. The third-order valence-corrected chi connectivity index (χ3v) is 26.7. The summed E-state index contributed by atoms with van der Waals surface area (Å²) in [7, 11) is 0. The van der Waals surface area contributed by atoms with Crippen molar-refractivity contribution in [3.05, 3.63) is 344 Å². The molecular formula is C101H80Cl8F3N13O7. The van der Waals surface area contributed by atoms with Gasteiger partial charge >= 0.3 is 12.1 Å². The zero-order valence-electron chi connectivity index (χ0n) is 70.5. The van der Waals surface area contributed by atoms with Crippen LogP contribution < -0.4 is 10.9 Å². The molecule has 0 bridgehead atoms. The summed E-state index contributed by atoms with van der Waals surface area (Å²) < 4.78 is 54.6. The average molecular weight is 1930 g/mol. The number of nitriles is 1. The molecule has 21 rings (SSSR count). The van der Waals surface area contributed by atoms with Crippen molar-refractivity contribution in [1.29, 1.82) is 5.26 Å². The van der Waals surface area contributed by atoms with Gasteiger partial charge in [0, 0.05) is 156 Å². The molecule has 2 saturated carbocycles. The highest BCUT2D eigenvalue weighted by Crippen LogP contribution is 2.44. The van der Waals surface area contributed by atoms with Crippen LogP contribution in [0.2, 0.25) is 40.2 Å². The van der Waals surface area contributed by atoms with Gasteiger partial charge in [0.15, 0.2) is 5.69 Å². The first-order chi connectivity index (χ1) is 63.8. The molecule has 10 heterocycles. The maximum Gasteiger partial charge on any atom is 0.417 e. The van der Waals surface area contributed by atoms with Crippen LogP contribution in [0.5, 0.6) is 0 Å². The Hall–Kier alpha value is -12.2. The van der Waals surface area contributed by atoms with Gasteiger partial charge in [-0.25, -0.2) is 24.7 Å². The Kier molecular flexibility index (Phi) is 27.3. The summed E-state index contributed by atoms with van der Waals surface area (Å²) in [6.07, 6.45) is 9.75. The van der Waals surface area contributed by atoms with Crippen LogP contribution in [-0.4, -0.2) is 94.0 Å². The standard InChI is InChI=1S/C31H33Cl2N3O.C27H18Cl2F3N3O.C22H16Cl2N4O2.C20H12Cl2N2O3.CHN/c1-20-6-8-21(9-7-20)17-35(31(37)22-10-11-22)19-25-15-27-26-4-2-3-5-29(26)36(30(27)16-34-25)18-23-14-24(32)12-13-28(23)33;28-17-9-10-23(29)16(11-17)15-35-24-8-4-2-5-19(24)21-12-18(33-14-25(21)35)13-34-26(36)20-6-1-3-7-22(20)27(30,31)32;23-14-5-6-17(24)13(9-14)12-27-18-4-2-1-3-15(18)20-16-10-26-28(7-8-29)22(30)21(16)25-11-19(20)27;21-11-5-6-13(22)10(7-11)9-24-14-4-2-1-3-12(14)16-15(24)8-23-18-17(16)19(25)27-20(18)26;1-2/h2-5,12-16,20-22H,6-11,17-19H2,1H3;1-12,14H,13,15H2,(H,34,36);1-6,9-11,29H,7-8,12H2;1-8,19,25H,9H2;1H. The molecule has 9 aromatic heterocycles. The Labute approximate surface area is 793 Å². The van der Waals surface area contributed by atoms with E-state index in [4.69, 9.17) is 108 Å². The molecule has 3 aliphatic rings. The number of alkyl halides is 3. The summed E-state index contributed by atoms with van der Waals surface area (Å²) in [6.45, 7) is 9.27. The number of carbonyl (C=O) groups is 3. The maximum atomic E-state index is 13.3. The molecule has 0 spiro atoms. The van der Waals surface area contributed by atoms with Gasteiger partial charge in [0.1, 0.15) is 5.52 Å². The number of hydrogen-bond acceptors (Lipinski definition) is 13. The fourth-order valence-corrected chi connectivity index (χ4v) is 19.3. The molecule has 1 unspecified atom stereocenters. The number of aliphatic hydroxyl groups excluding tert-OH is 2. The van der Waals surface area contributed by atoms with Crippen molar-refractivity contribution in [1.82, 2.24) is 58.2 Å². The van der Waals surface area contributed by atoms with Gasteiger partial charge < -0.3 is 43.4 Å². The van der Waals surface area contributed by atoms with E-state index in [0.717, 1.165) is 147 Å². The maximum absolute atomic E-state index is 13.3. The number of carbonyl (C=O) groups excluding carboxylic acids is 3. The molecule has 31 heteroatoms. The van der Waals surface area contributed by atoms with Crippen LogP contribution in [0.1, 0.15) is 117 Å². The number of halogens is 11. The van der Waals surface area contributed by atoms with Gasteiger partial charge in [-0.15, -0.1) is 0 Å². The zero-order valence-corrected chi connectivity index (χ0v) is 76.5. The van der Waals surface area contributed by atoms with E-state index in [0.29, 0.717) is 107 Å². The van der Waals surface area contributed by atoms with E-state index >= 15 is 0 Å². The number of esters is 1. The highest BCUT2D eigenvalue weighted by Gasteiger charge is 2.38. The lowest BCUT2D eigenvalue weighted by atomic mass is 9.83. The number of aliphatic hydroxyl groups is 2. The van der Waals surface area contributed by atoms with Crippen LogP contribution in [0.25, 0.3) is 98.1 Å². The number of nitrogens with one attached hydrogen (secondary N) is 1. The second kappa shape index (κ2) is 39.3. The van der Waals surface area contributed by atoms with Crippen LogP contribution in [-0.2, 0) is 61.5 Å². The Morgan fingerprint density at radius 1 is 0.500 bits per heavy atom. The first-order valence-electron chi connectivity index (χ1n) is 42.4. The van der Waals surface area contributed by atoms with Gasteiger partial charge in [0.05, 0.1) is 107 Å². The smallest absolute Gasteiger partial charge is 0.417 e. The van der Waals surface area contributed by atoms with Crippen molar-refractivity contribution in [2.24, 2.45) is 17.8 Å². The fourth-order valence-electron chi connectivity index (χ4n) is 17.8. The number of nitrogens with zero attached hydrogens (tertiary/aromatic N) is 12. The summed E-state index contributed by atoms with van der Waals surface area (Å²) in [6, 6.07) is 62.4. The van der Waals surface area contributed by atoms with Crippen LogP contribution >= 0.6 is 92.8 Å². The number of hydrogen-bond donors (Lipinski definition) is 3. The molecule has 0 saturated heterocycles. The van der Waals surface area contributed by atoms with Gasteiger partial charge in [-0.1, -0.05) is 198 Å². The summed E-state index contributed by atoms with van der Waals surface area (Å²) in [5.41, 5.74) is 11.8.